The highest BCUT2D eigenvalue weighted by Crippen LogP contribution is 2.28. The monoisotopic (exact) mass is 432 g/mol. The fourth-order valence-electron chi connectivity index (χ4n) is 3.61. The molecule has 2 aromatic carbocycles. The zero-order valence-corrected chi connectivity index (χ0v) is 19.0. The van der Waals surface area contributed by atoms with Gasteiger partial charge in [0.15, 0.2) is 5.82 Å². The Morgan fingerprint density at radius 3 is 2.25 bits per heavy atom. The molecule has 0 radical (unpaired) electrons. The average Bonchev–Trinajstić information content (AvgIpc) is 2.82. The van der Waals surface area contributed by atoms with Crippen LogP contribution in [0.1, 0.15) is 69.2 Å². The second-order valence-corrected chi connectivity index (χ2v) is 8.16. The number of ether oxygens (including phenoxy) is 1. The number of aromatic nitrogens is 2. The summed E-state index contributed by atoms with van der Waals surface area (Å²) in [5.41, 5.74) is 2.76. The summed E-state index contributed by atoms with van der Waals surface area (Å²) in [4.78, 5) is 21.3. The lowest BCUT2D eigenvalue weighted by Gasteiger charge is -2.13. The lowest BCUT2D eigenvalue weighted by molar-refractivity contribution is 0.0319. The standard InChI is InChI=1S/C27H32N2O3/c1-3-4-5-6-7-8-11-20(2)32-27(31)22-16-14-21(15-17-22)26-28-18-23(19-29-26)24-12-9-10-13-25(24)30/h9-10,12-20,30H,3-8,11H2,1-2H3. The highest BCUT2D eigenvalue weighted by atomic mass is 16.5. The molecule has 3 rings (SSSR count). The maximum atomic E-state index is 12.4. The highest BCUT2D eigenvalue weighted by molar-refractivity contribution is 5.90. The molecule has 32 heavy (non-hydrogen) atoms. The van der Waals surface area contributed by atoms with Gasteiger partial charge in [-0.3, -0.25) is 0 Å². The van der Waals surface area contributed by atoms with Gasteiger partial charge in [0.2, 0.25) is 0 Å². The molecule has 1 heterocycles. The van der Waals surface area contributed by atoms with Crippen LogP contribution in [0.2, 0.25) is 0 Å². The van der Waals surface area contributed by atoms with Crippen LogP contribution in [0.25, 0.3) is 22.5 Å². The van der Waals surface area contributed by atoms with E-state index in [0.29, 0.717) is 17.0 Å². The first-order chi connectivity index (χ1) is 15.6. The Kier molecular flexibility index (Phi) is 8.79. The van der Waals surface area contributed by atoms with Crippen molar-refractivity contribution in [3.8, 4) is 28.3 Å². The third-order valence-corrected chi connectivity index (χ3v) is 5.52. The van der Waals surface area contributed by atoms with Crippen LogP contribution in [-0.4, -0.2) is 27.1 Å². The van der Waals surface area contributed by atoms with Gasteiger partial charge >= 0.3 is 5.97 Å². The number of unbranched alkanes of at least 4 members (excludes halogenated alkanes) is 5. The molecule has 0 spiro atoms. The topological polar surface area (TPSA) is 72.3 Å². The molecule has 1 aromatic heterocycles. The van der Waals surface area contributed by atoms with Crippen molar-refractivity contribution in [3.05, 3.63) is 66.5 Å². The Hall–Kier alpha value is -3.21. The summed E-state index contributed by atoms with van der Waals surface area (Å²) in [5, 5.41) is 9.99. The number of aromatic hydroxyl groups is 1. The number of nitrogens with zero attached hydrogens (tertiary/aromatic N) is 2. The van der Waals surface area contributed by atoms with Crippen molar-refractivity contribution in [3.63, 3.8) is 0 Å². The summed E-state index contributed by atoms with van der Waals surface area (Å²) in [7, 11) is 0. The van der Waals surface area contributed by atoms with Crippen molar-refractivity contribution in [2.24, 2.45) is 0 Å². The summed E-state index contributed by atoms with van der Waals surface area (Å²) in [6.07, 6.45) is 11.6. The fourth-order valence-corrected chi connectivity index (χ4v) is 3.61. The summed E-state index contributed by atoms with van der Waals surface area (Å²) >= 11 is 0. The largest absolute Gasteiger partial charge is 0.507 e. The van der Waals surface area contributed by atoms with Crippen LogP contribution in [0.5, 0.6) is 5.75 Å². The summed E-state index contributed by atoms with van der Waals surface area (Å²) < 4.78 is 5.59. The number of phenols is 1. The minimum atomic E-state index is -0.300. The summed E-state index contributed by atoms with van der Waals surface area (Å²) in [5.74, 6) is 0.448. The number of rotatable bonds is 11. The van der Waals surface area contributed by atoms with Crippen LogP contribution in [0.4, 0.5) is 0 Å². The van der Waals surface area contributed by atoms with Gasteiger partial charge < -0.3 is 9.84 Å². The van der Waals surface area contributed by atoms with Crippen LogP contribution in [0, 0.1) is 0 Å². The second-order valence-electron chi connectivity index (χ2n) is 8.16. The van der Waals surface area contributed by atoms with Gasteiger partial charge in [0.25, 0.3) is 0 Å². The van der Waals surface area contributed by atoms with E-state index < -0.39 is 0 Å². The van der Waals surface area contributed by atoms with Gasteiger partial charge in [0, 0.05) is 29.1 Å². The Bertz CT molecular complexity index is 985. The minimum Gasteiger partial charge on any atom is -0.507 e. The quantitative estimate of drug-likeness (QED) is 0.266. The van der Waals surface area contributed by atoms with Gasteiger partial charge in [0.05, 0.1) is 11.7 Å². The first-order valence-corrected chi connectivity index (χ1v) is 11.5. The van der Waals surface area contributed by atoms with E-state index in [9.17, 15) is 9.90 Å². The molecule has 1 unspecified atom stereocenters. The number of hydrogen-bond donors (Lipinski definition) is 1. The predicted octanol–water partition coefficient (Wildman–Crippen LogP) is 6.81. The first-order valence-electron chi connectivity index (χ1n) is 11.5. The number of hydrogen-bond acceptors (Lipinski definition) is 5. The summed E-state index contributed by atoms with van der Waals surface area (Å²) in [6.45, 7) is 4.17. The van der Waals surface area contributed by atoms with Crippen molar-refractivity contribution in [2.45, 2.75) is 64.9 Å². The molecule has 0 aliphatic rings. The van der Waals surface area contributed by atoms with Crippen LogP contribution < -0.4 is 0 Å². The van der Waals surface area contributed by atoms with E-state index >= 15 is 0 Å². The normalized spacial score (nSPS) is 11.8. The third-order valence-electron chi connectivity index (χ3n) is 5.52. The molecule has 0 amide bonds. The smallest absolute Gasteiger partial charge is 0.338 e. The Labute approximate surface area is 190 Å². The molecule has 168 valence electrons. The number of esters is 1. The molecule has 0 aliphatic heterocycles. The van der Waals surface area contributed by atoms with Crippen LogP contribution >= 0.6 is 0 Å². The number of benzene rings is 2. The molecule has 0 saturated heterocycles. The molecular formula is C27H32N2O3. The number of phenolic OH excluding ortho intramolecular Hbond substituents is 1. The predicted molar refractivity (Wildman–Crippen MR) is 127 cm³/mol. The van der Waals surface area contributed by atoms with Crippen molar-refractivity contribution >= 4 is 5.97 Å². The maximum Gasteiger partial charge on any atom is 0.338 e. The number of para-hydroxylation sites is 1. The SMILES string of the molecule is CCCCCCCCC(C)OC(=O)c1ccc(-c2ncc(-c3ccccc3O)cn2)cc1. The number of carbonyl (C=O) groups excluding carboxylic acids is 1. The minimum absolute atomic E-state index is 0.0846. The first kappa shape index (κ1) is 23.5. The zero-order valence-electron chi connectivity index (χ0n) is 19.0. The van der Waals surface area contributed by atoms with Crippen LogP contribution in [-0.2, 0) is 4.74 Å². The van der Waals surface area contributed by atoms with E-state index in [1.165, 1.54) is 32.1 Å². The van der Waals surface area contributed by atoms with Gasteiger partial charge in [-0.2, -0.15) is 0 Å². The van der Waals surface area contributed by atoms with E-state index in [2.05, 4.69) is 16.9 Å². The van der Waals surface area contributed by atoms with Crippen LogP contribution in [0.15, 0.2) is 60.9 Å². The molecule has 1 N–H and O–H groups in total. The Morgan fingerprint density at radius 2 is 1.56 bits per heavy atom. The maximum absolute atomic E-state index is 12.4. The third kappa shape index (κ3) is 6.64. The molecule has 0 bridgehead atoms. The molecule has 0 aliphatic carbocycles. The Balaban J connectivity index is 1.53. The molecule has 3 aromatic rings. The van der Waals surface area contributed by atoms with Crippen molar-refractivity contribution in [2.75, 3.05) is 0 Å². The number of carbonyl (C=O) groups is 1. The van der Waals surface area contributed by atoms with E-state index in [1.54, 1.807) is 36.7 Å². The van der Waals surface area contributed by atoms with Crippen molar-refractivity contribution < 1.29 is 14.6 Å². The van der Waals surface area contributed by atoms with Crippen molar-refractivity contribution in [1.29, 1.82) is 0 Å². The van der Waals surface area contributed by atoms with Gasteiger partial charge in [-0.1, -0.05) is 69.4 Å². The van der Waals surface area contributed by atoms with E-state index in [-0.39, 0.29) is 17.8 Å². The van der Waals surface area contributed by atoms with E-state index in [0.717, 1.165) is 24.0 Å². The molecule has 0 saturated carbocycles. The van der Waals surface area contributed by atoms with Gasteiger partial charge in [-0.25, -0.2) is 14.8 Å². The molecule has 5 nitrogen and oxygen atoms in total. The lowest BCUT2D eigenvalue weighted by atomic mass is 10.1. The average molecular weight is 433 g/mol. The van der Waals surface area contributed by atoms with Gasteiger partial charge in [-0.15, -0.1) is 0 Å². The fraction of sp³-hybridized carbons (Fsp3) is 0.370. The molecule has 1 atom stereocenters. The van der Waals surface area contributed by atoms with E-state index in [1.807, 2.05) is 31.2 Å². The summed E-state index contributed by atoms with van der Waals surface area (Å²) in [6, 6.07) is 14.2. The highest BCUT2D eigenvalue weighted by Gasteiger charge is 2.13. The van der Waals surface area contributed by atoms with Crippen LogP contribution in [0.3, 0.4) is 0 Å². The molecule has 5 heteroatoms. The zero-order chi connectivity index (χ0) is 22.8. The Morgan fingerprint density at radius 1 is 0.906 bits per heavy atom. The lowest BCUT2D eigenvalue weighted by Crippen LogP contribution is -2.15. The van der Waals surface area contributed by atoms with E-state index in [4.69, 9.17) is 4.74 Å². The van der Waals surface area contributed by atoms with Gasteiger partial charge in [-0.05, 0) is 38.0 Å². The molecular weight excluding hydrogens is 400 g/mol. The second kappa shape index (κ2) is 12.0. The molecule has 0 fully saturated rings. The van der Waals surface area contributed by atoms with Gasteiger partial charge in [0.1, 0.15) is 5.75 Å². The van der Waals surface area contributed by atoms with Crippen molar-refractivity contribution in [1.82, 2.24) is 9.97 Å².